The molecule has 1 heterocycles. The van der Waals surface area contributed by atoms with E-state index in [0.29, 0.717) is 5.82 Å². The van der Waals surface area contributed by atoms with Crippen molar-refractivity contribution in [1.29, 1.82) is 0 Å². The standard InChI is InChI=1S/C16H12FN3/c17-12-7-5-11(6-8-12)13-3-1-2-4-14(13)15-9-20-16(18)10-19-15/h1-10H,(H2,18,20). The lowest BCUT2D eigenvalue weighted by molar-refractivity contribution is 0.628. The Morgan fingerprint density at radius 1 is 0.800 bits per heavy atom. The summed E-state index contributed by atoms with van der Waals surface area (Å²) >= 11 is 0. The molecule has 0 saturated carbocycles. The molecule has 0 atom stereocenters. The van der Waals surface area contributed by atoms with Crippen molar-refractivity contribution in [2.45, 2.75) is 0 Å². The molecule has 0 radical (unpaired) electrons. The van der Waals surface area contributed by atoms with Crippen LogP contribution in [0.1, 0.15) is 0 Å². The largest absolute Gasteiger partial charge is 0.382 e. The van der Waals surface area contributed by atoms with E-state index in [0.717, 1.165) is 22.4 Å². The fraction of sp³-hybridized carbons (Fsp3) is 0. The van der Waals surface area contributed by atoms with Gasteiger partial charge in [-0.15, -0.1) is 0 Å². The van der Waals surface area contributed by atoms with E-state index < -0.39 is 0 Å². The minimum absolute atomic E-state index is 0.251. The molecule has 0 aliphatic heterocycles. The van der Waals surface area contributed by atoms with Crippen molar-refractivity contribution in [3.8, 4) is 22.4 Å². The number of nitrogens with zero attached hydrogens (tertiary/aromatic N) is 2. The Balaban J connectivity index is 2.13. The van der Waals surface area contributed by atoms with Crippen molar-refractivity contribution in [2.75, 3.05) is 5.73 Å². The maximum absolute atomic E-state index is 13.0. The van der Waals surface area contributed by atoms with Gasteiger partial charge in [0.25, 0.3) is 0 Å². The number of nitrogen functional groups attached to an aromatic ring is 1. The minimum atomic E-state index is -0.251. The maximum Gasteiger partial charge on any atom is 0.141 e. The van der Waals surface area contributed by atoms with Crippen LogP contribution in [0.3, 0.4) is 0 Å². The summed E-state index contributed by atoms with van der Waals surface area (Å²) in [6.45, 7) is 0. The molecule has 0 unspecified atom stereocenters. The van der Waals surface area contributed by atoms with Gasteiger partial charge >= 0.3 is 0 Å². The smallest absolute Gasteiger partial charge is 0.141 e. The molecule has 2 aromatic carbocycles. The summed E-state index contributed by atoms with van der Waals surface area (Å²) in [4.78, 5) is 8.35. The van der Waals surface area contributed by atoms with Crippen LogP contribution in [0.4, 0.5) is 10.2 Å². The first kappa shape index (κ1) is 12.3. The van der Waals surface area contributed by atoms with Gasteiger partial charge in [-0.2, -0.15) is 0 Å². The normalized spacial score (nSPS) is 10.4. The number of benzene rings is 2. The Kier molecular flexibility index (Phi) is 3.13. The number of anilines is 1. The number of rotatable bonds is 2. The molecule has 98 valence electrons. The molecular weight excluding hydrogens is 253 g/mol. The van der Waals surface area contributed by atoms with Gasteiger partial charge in [-0.1, -0.05) is 36.4 Å². The minimum Gasteiger partial charge on any atom is -0.382 e. The highest BCUT2D eigenvalue weighted by atomic mass is 19.1. The second-order valence-electron chi connectivity index (χ2n) is 4.38. The first-order valence-electron chi connectivity index (χ1n) is 6.17. The third-order valence-corrected chi connectivity index (χ3v) is 3.03. The van der Waals surface area contributed by atoms with Crippen molar-refractivity contribution < 1.29 is 4.39 Å². The van der Waals surface area contributed by atoms with E-state index in [9.17, 15) is 4.39 Å². The van der Waals surface area contributed by atoms with Crippen molar-refractivity contribution in [3.05, 3.63) is 66.7 Å². The van der Waals surface area contributed by atoms with Gasteiger partial charge in [0.15, 0.2) is 0 Å². The highest BCUT2D eigenvalue weighted by Crippen LogP contribution is 2.30. The van der Waals surface area contributed by atoms with E-state index in [1.807, 2.05) is 24.3 Å². The summed E-state index contributed by atoms with van der Waals surface area (Å²) < 4.78 is 13.0. The van der Waals surface area contributed by atoms with Gasteiger partial charge in [0.2, 0.25) is 0 Å². The number of aromatic nitrogens is 2. The van der Waals surface area contributed by atoms with Crippen LogP contribution in [0.25, 0.3) is 22.4 Å². The van der Waals surface area contributed by atoms with Crippen molar-refractivity contribution >= 4 is 5.82 Å². The maximum atomic E-state index is 13.0. The van der Waals surface area contributed by atoms with Gasteiger partial charge in [0, 0.05) is 5.56 Å². The molecule has 0 aliphatic rings. The Hall–Kier alpha value is -2.75. The summed E-state index contributed by atoms with van der Waals surface area (Å²) in [7, 11) is 0. The molecule has 0 spiro atoms. The Morgan fingerprint density at radius 3 is 2.15 bits per heavy atom. The highest BCUT2D eigenvalue weighted by molar-refractivity contribution is 5.81. The van der Waals surface area contributed by atoms with Crippen LogP contribution in [0, 0.1) is 5.82 Å². The number of hydrogen-bond acceptors (Lipinski definition) is 3. The average molecular weight is 265 g/mol. The molecule has 20 heavy (non-hydrogen) atoms. The fourth-order valence-electron chi connectivity index (χ4n) is 2.06. The third-order valence-electron chi connectivity index (χ3n) is 3.03. The van der Waals surface area contributed by atoms with E-state index in [-0.39, 0.29) is 5.82 Å². The topological polar surface area (TPSA) is 51.8 Å². The van der Waals surface area contributed by atoms with E-state index in [1.54, 1.807) is 18.3 Å². The van der Waals surface area contributed by atoms with Gasteiger partial charge in [0.05, 0.1) is 18.1 Å². The molecule has 0 saturated heterocycles. The van der Waals surface area contributed by atoms with Crippen LogP contribution in [0.5, 0.6) is 0 Å². The quantitative estimate of drug-likeness (QED) is 0.771. The highest BCUT2D eigenvalue weighted by Gasteiger charge is 2.08. The van der Waals surface area contributed by atoms with Gasteiger partial charge in [-0.05, 0) is 23.3 Å². The lowest BCUT2D eigenvalue weighted by Gasteiger charge is -2.09. The van der Waals surface area contributed by atoms with E-state index >= 15 is 0 Å². The zero-order valence-electron chi connectivity index (χ0n) is 10.6. The molecular formula is C16H12FN3. The van der Waals surface area contributed by atoms with Crippen LogP contribution in [-0.4, -0.2) is 9.97 Å². The Morgan fingerprint density at radius 2 is 1.50 bits per heavy atom. The third kappa shape index (κ3) is 2.36. The predicted molar refractivity (Wildman–Crippen MR) is 77.3 cm³/mol. The molecule has 0 aliphatic carbocycles. The van der Waals surface area contributed by atoms with Crippen LogP contribution >= 0.6 is 0 Å². The second kappa shape index (κ2) is 5.09. The summed E-state index contributed by atoms with van der Waals surface area (Å²) in [6, 6.07) is 14.2. The zero-order chi connectivity index (χ0) is 13.9. The summed E-state index contributed by atoms with van der Waals surface area (Å²) in [5, 5.41) is 0. The number of halogens is 1. The summed E-state index contributed by atoms with van der Waals surface area (Å²) in [5.41, 5.74) is 9.14. The van der Waals surface area contributed by atoms with Gasteiger partial charge < -0.3 is 5.73 Å². The molecule has 2 N–H and O–H groups in total. The number of nitrogens with two attached hydrogens (primary N) is 1. The summed E-state index contributed by atoms with van der Waals surface area (Å²) in [6.07, 6.45) is 3.16. The summed E-state index contributed by atoms with van der Waals surface area (Å²) in [5.74, 6) is 0.131. The molecule has 0 bridgehead atoms. The molecule has 4 heteroatoms. The van der Waals surface area contributed by atoms with Gasteiger partial charge in [-0.3, -0.25) is 4.98 Å². The molecule has 0 amide bonds. The van der Waals surface area contributed by atoms with Crippen LogP contribution in [-0.2, 0) is 0 Å². The van der Waals surface area contributed by atoms with Crippen molar-refractivity contribution in [1.82, 2.24) is 9.97 Å². The Bertz CT molecular complexity index is 657. The van der Waals surface area contributed by atoms with Gasteiger partial charge in [-0.25, -0.2) is 9.37 Å². The monoisotopic (exact) mass is 265 g/mol. The molecule has 3 rings (SSSR count). The fourth-order valence-corrected chi connectivity index (χ4v) is 2.06. The SMILES string of the molecule is Nc1cnc(-c2ccccc2-c2ccc(F)cc2)cn1. The molecule has 3 aromatic rings. The lowest BCUT2D eigenvalue weighted by atomic mass is 9.98. The Labute approximate surface area is 115 Å². The lowest BCUT2D eigenvalue weighted by Crippen LogP contribution is -1.93. The predicted octanol–water partition coefficient (Wildman–Crippen LogP) is 3.53. The molecule has 0 fully saturated rings. The second-order valence-corrected chi connectivity index (χ2v) is 4.38. The average Bonchev–Trinajstić information content (AvgIpc) is 2.49. The van der Waals surface area contributed by atoms with Crippen LogP contribution in [0.15, 0.2) is 60.9 Å². The van der Waals surface area contributed by atoms with Crippen molar-refractivity contribution in [3.63, 3.8) is 0 Å². The molecule has 3 nitrogen and oxygen atoms in total. The van der Waals surface area contributed by atoms with E-state index in [4.69, 9.17) is 5.73 Å². The van der Waals surface area contributed by atoms with E-state index in [1.165, 1.54) is 18.3 Å². The van der Waals surface area contributed by atoms with Gasteiger partial charge in [0.1, 0.15) is 11.6 Å². The number of hydrogen-bond donors (Lipinski definition) is 1. The molecule has 1 aromatic heterocycles. The van der Waals surface area contributed by atoms with Crippen LogP contribution in [0.2, 0.25) is 0 Å². The first-order valence-corrected chi connectivity index (χ1v) is 6.17. The van der Waals surface area contributed by atoms with Crippen molar-refractivity contribution in [2.24, 2.45) is 0 Å². The first-order chi connectivity index (χ1) is 9.74. The van der Waals surface area contributed by atoms with Crippen LogP contribution < -0.4 is 5.73 Å². The zero-order valence-corrected chi connectivity index (χ0v) is 10.6. The van der Waals surface area contributed by atoms with E-state index in [2.05, 4.69) is 9.97 Å².